The van der Waals surface area contributed by atoms with E-state index in [4.69, 9.17) is 6.42 Å². The van der Waals surface area contributed by atoms with Crippen LogP contribution >= 0.6 is 0 Å². The standard InChI is InChI=1S/C9H9NO/c1-3-9(2,11)8-6-4-5-7-10-8/h1,4-7,11H,2H3. The summed E-state index contributed by atoms with van der Waals surface area (Å²) < 4.78 is 0. The molecule has 0 aliphatic heterocycles. The fraction of sp³-hybridized carbons (Fsp3) is 0.222. The van der Waals surface area contributed by atoms with Gasteiger partial charge in [0.15, 0.2) is 5.60 Å². The van der Waals surface area contributed by atoms with E-state index in [-0.39, 0.29) is 0 Å². The van der Waals surface area contributed by atoms with Gasteiger partial charge >= 0.3 is 0 Å². The van der Waals surface area contributed by atoms with Crippen LogP contribution < -0.4 is 0 Å². The zero-order chi connectivity index (χ0) is 8.32. The number of aromatic nitrogens is 1. The molecule has 0 aromatic carbocycles. The van der Waals surface area contributed by atoms with Gasteiger partial charge in [0.2, 0.25) is 0 Å². The molecule has 1 heterocycles. The van der Waals surface area contributed by atoms with Crippen molar-refractivity contribution in [3.63, 3.8) is 0 Å². The summed E-state index contributed by atoms with van der Waals surface area (Å²) in [5, 5.41) is 9.50. The van der Waals surface area contributed by atoms with Crippen LogP contribution in [-0.2, 0) is 5.60 Å². The normalized spacial score (nSPS) is 15.0. The minimum Gasteiger partial charge on any atom is -0.372 e. The van der Waals surface area contributed by atoms with Crippen molar-refractivity contribution in [3.8, 4) is 12.3 Å². The van der Waals surface area contributed by atoms with Crippen LogP contribution in [0.5, 0.6) is 0 Å². The van der Waals surface area contributed by atoms with Crippen LogP contribution in [0.15, 0.2) is 24.4 Å². The molecular formula is C9H9NO. The summed E-state index contributed by atoms with van der Waals surface area (Å²) in [6, 6.07) is 5.25. The van der Waals surface area contributed by atoms with Gasteiger partial charge in [-0.15, -0.1) is 6.42 Å². The Morgan fingerprint density at radius 1 is 1.64 bits per heavy atom. The minimum absolute atomic E-state index is 0.502. The highest BCUT2D eigenvalue weighted by atomic mass is 16.3. The quantitative estimate of drug-likeness (QED) is 0.599. The molecular weight excluding hydrogens is 138 g/mol. The Labute approximate surface area is 65.9 Å². The zero-order valence-electron chi connectivity index (χ0n) is 6.28. The summed E-state index contributed by atoms with van der Waals surface area (Å²) in [4.78, 5) is 3.93. The molecule has 1 aromatic heterocycles. The third-order valence-electron chi connectivity index (χ3n) is 1.44. The molecule has 2 heteroatoms. The van der Waals surface area contributed by atoms with Crippen molar-refractivity contribution in [2.75, 3.05) is 0 Å². The van der Waals surface area contributed by atoms with Gasteiger partial charge in [-0.2, -0.15) is 0 Å². The van der Waals surface area contributed by atoms with Crippen molar-refractivity contribution < 1.29 is 5.11 Å². The van der Waals surface area contributed by atoms with Crippen LogP contribution in [0, 0.1) is 12.3 Å². The molecule has 0 fully saturated rings. The summed E-state index contributed by atoms with van der Waals surface area (Å²) >= 11 is 0. The number of hydrogen-bond acceptors (Lipinski definition) is 2. The van der Waals surface area contributed by atoms with Crippen molar-refractivity contribution in [3.05, 3.63) is 30.1 Å². The van der Waals surface area contributed by atoms with Crippen molar-refractivity contribution in [2.24, 2.45) is 0 Å². The third kappa shape index (κ3) is 1.57. The number of rotatable bonds is 1. The second-order valence-corrected chi connectivity index (χ2v) is 2.43. The minimum atomic E-state index is -1.25. The van der Waals surface area contributed by atoms with E-state index in [9.17, 15) is 5.11 Å². The molecule has 0 saturated carbocycles. The Morgan fingerprint density at radius 2 is 2.36 bits per heavy atom. The summed E-state index contributed by atoms with van der Waals surface area (Å²) in [6.07, 6.45) is 6.70. The van der Waals surface area contributed by atoms with E-state index in [1.807, 2.05) is 0 Å². The lowest BCUT2D eigenvalue weighted by atomic mass is 10.0. The van der Waals surface area contributed by atoms with Crippen LogP contribution in [0.3, 0.4) is 0 Å². The molecule has 0 spiro atoms. The lowest BCUT2D eigenvalue weighted by Crippen LogP contribution is -2.19. The van der Waals surface area contributed by atoms with Crippen molar-refractivity contribution in [2.45, 2.75) is 12.5 Å². The first-order chi connectivity index (χ1) is 5.17. The van der Waals surface area contributed by atoms with Gasteiger partial charge in [-0.3, -0.25) is 4.98 Å². The van der Waals surface area contributed by atoms with Gasteiger partial charge in [-0.05, 0) is 19.1 Å². The maximum Gasteiger partial charge on any atom is 0.164 e. The molecule has 0 radical (unpaired) electrons. The van der Waals surface area contributed by atoms with Crippen LogP contribution in [0.25, 0.3) is 0 Å². The van der Waals surface area contributed by atoms with E-state index in [0.717, 1.165) is 0 Å². The van der Waals surface area contributed by atoms with E-state index in [1.165, 1.54) is 6.92 Å². The fourth-order valence-electron chi connectivity index (χ4n) is 0.725. The fourth-order valence-corrected chi connectivity index (χ4v) is 0.725. The lowest BCUT2D eigenvalue weighted by molar-refractivity contribution is 0.117. The van der Waals surface area contributed by atoms with Gasteiger partial charge in [-0.25, -0.2) is 0 Å². The number of pyridine rings is 1. The molecule has 1 N–H and O–H groups in total. The van der Waals surface area contributed by atoms with Crippen LogP contribution in [-0.4, -0.2) is 10.1 Å². The largest absolute Gasteiger partial charge is 0.372 e. The predicted molar refractivity (Wildman–Crippen MR) is 42.6 cm³/mol. The van der Waals surface area contributed by atoms with Crippen LogP contribution in [0.1, 0.15) is 12.6 Å². The molecule has 1 aromatic rings. The van der Waals surface area contributed by atoms with E-state index < -0.39 is 5.60 Å². The van der Waals surface area contributed by atoms with Crippen molar-refractivity contribution >= 4 is 0 Å². The average Bonchev–Trinajstić information content (AvgIpc) is 2.06. The second kappa shape index (κ2) is 2.73. The third-order valence-corrected chi connectivity index (χ3v) is 1.44. The Kier molecular flexibility index (Phi) is 1.93. The van der Waals surface area contributed by atoms with Crippen LogP contribution in [0.4, 0.5) is 0 Å². The average molecular weight is 147 g/mol. The summed E-state index contributed by atoms with van der Waals surface area (Å²) in [6.45, 7) is 1.54. The molecule has 0 amide bonds. The molecule has 0 bridgehead atoms. The molecule has 1 rings (SSSR count). The lowest BCUT2D eigenvalue weighted by Gasteiger charge is -2.14. The monoisotopic (exact) mass is 147 g/mol. The van der Waals surface area contributed by atoms with Gasteiger partial charge in [0, 0.05) is 6.20 Å². The maximum atomic E-state index is 9.50. The summed E-state index contributed by atoms with van der Waals surface area (Å²) in [5.74, 6) is 2.25. The van der Waals surface area contributed by atoms with Gasteiger partial charge in [0.25, 0.3) is 0 Å². The number of terminal acetylenes is 1. The zero-order valence-corrected chi connectivity index (χ0v) is 6.28. The second-order valence-electron chi connectivity index (χ2n) is 2.43. The van der Waals surface area contributed by atoms with E-state index in [2.05, 4.69) is 10.9 Å². The first-order valence-corrected chi connectivity index (χ1v) is 3.28. The van der Waals surface area contributed by atoms with Gasteiger partial charge in [0.1, 0.15) is 0 Å². The first-order valence-electron chi connectivity index (χ1n) is 3.28. The smallest absolute Gasteiger partial charge is 0.164 e. The molecule has 11 heavy (non-hydrogen) atoms. The Bertz CT molecular complexity index is 271. The summed E-state index contributed by atoms with van der Waals surface area (Å²) in [7, 11) is 0. The van der Waals surface area contributed by atoms with Gasteiger partial charge in [0.05, 0.1) is 5.69 Å². The van der Waals surface area contributed by atoms with E-state index >= 15 is 0 Å². The predicted octanol–water partition coefficient (Wildman–Crippen LogP) is 0.922. The molecule has 0 aliphatic rings. The molecule has 56 valence electrons. The Morgan fingerprint density at radius 3 is 2.82 bits per heavy atom. The molecule has 1 atom stereocenters. The van der Waals surface area contributed by atoms with Gasteiger partial charge < -0.3 is 5.11 Å². The van der Waals surface area contributed by atoms with Crippen LogP contribution in [0.2, 0.25) is 0 Å². The van der Waals surface area contributed by atoms with Crippen molar-refractivity contribution in [1.29, 1.82) is 0 Å². The van der Waals surface area contributed by atoms with E-state index in [1.54, 1.807) is 24.4 Å². The highest BCUT2D eigenvalue weighted by molar-refractivity contribution is 5.21. The Hall–Kier alpha value is -1.33. The van der Waals surface area contributed by atoms with E-state index in [0.29, 0.717) is 5.69 Å². The number of nitrogens with zero attached hydrogens (tertiary/aromatic N) is 1. The molecule has 0 saturated heterocycles. The SMILES string of the molecule is C#CC(C)(O)c1ccccn1. The van der Waals surface area contributed by atoms with Crippen molar-refractivity contribution in [1.82, 2.24) is 4.98 Å². The molecule has 0 aliphatic carbocycles. The number of aliphatic hydroxyl groups is 1. The first kappa shape index (κ1) is 7.77. The number of hydrogen-bond donors (Lipinski definition) is 1. The van der Waals surface area contributed by atoms with Gasteiger partial charge in [-0.1, -0.05) is 12.0 Å². The highest BCUT2D eigenvalue weighted by Gasteiger charge is 2.19. The highest BCUT2D eigenvalue weighted by Crippen LogP contribution is 2.15. The summed E-state index contributed by atoms with van der Waals surface area (Å²) in [5.41, 5.74) is -0.746. The topological polar surface area (TPSA) is 33.1 Å². The Balaban J connectivity index is 3.05. The maximum absolute atomic E-state index is 9.50. The molecule has 1 unspecified atom stereocenters. The molecule has 2 nitrogen and oxygen atoms in total.